The minimum absolute atomic E-state index is 0.00242. The Morgan fingerprint density at radius 3 is 2.82 bits per heavy atom. The van der Waals surface area contributed by atoms with Crippen molar-refractivity contribution in [3.63, 3.8) is 0 Å². The number of rotatable bonds is 5. The van der Waals surface area contributed by atoms with Gasteiger partial charge in [0.15, 0.2) is 0 Å². The minimum Gasteiger partial charge on any atom is -0.384 e. The van der Waals surface area contributed by atoms with E-state index in [1.165, 1.54) is 12.5 Å². The normalized spacial score (nSPS) is 16.6. The summed E-state index contributed by atoms with van der Waals surface area (Å²) in [6.07, 6.45) is 3.31. The van der Waals surface area contributed by atoms with Crippen LogP contribution in [0.3, 0.4) is 0 Å². The van der Waals surface area contributed by atoms with Crippen LogP contribution < -0.4 is 16.6 Å². The number of hydrogen-bond acceptors (Lipinski definition) is 4. The number of aromatic amines is 1. The van der Waals surface area contributed by atoms with Gasteiger partial charge in [-0.3, -0.25) is 9.59 Å². The lowest BCUT2D eigenvalue weighted by Gasteiger charge is -2.31. The maximum atomic E-state index is 12.1. The molecule has 6 nitrogen and oxygen atoms in total. The molecule has 0 atom stereocenters. The summed E-state index contributed by atoms with van der Waals surface area (Å²) in [6.45, 7) is 6.05. The zero-order chi connectivity index (χ0) is 16.1. The molecular weight excluding hydrogens is 304 g/mol. The molecule has 1 aliphatic heterocycles. The standard InChI is InChI=1S/C15H23ClN4O2/c1-2-5-20-6-3-10(4-7-20)9-18-14(21)11-8-12(16)13(17)19-15(11)22/h8,10H,2-7,9H2,1H3,(H,18,21)(H3,17,19,22). The summed E-state index contributed by atoms with van der Waals surface area (Å²) in [5.74, 6) is 0.131. The highest BCUT2D eigenvalue weighted by Crippen LogP contribution is 2.17. The van der Waals surface area contributed by atoms with Crippen molar-refractivity contribution in [1.82, 2.24) is 15.2 Å². The van der Waals surface area contributed by atoms with Crippen LogP contribution in [0.1, 0.15) is 36.5 Å². The van der Waals surface area contributed by atoms with Gasteiger partial charge in [0.05, 0.1) is 5.02 Å². The Morgan fingerprint density at radius 2 is 2.18 bits per heavy atom. The molecule has 1 amide bonds. The van der Waals surface area contributed by atoms with Gasteiger partial charge in [-0.15, -0.1) is 0 Å². The topological polar surface area (TPSA) is 91.2 Å². The summed E-state index contributed by atoms with van der Waals surface area (Å²) >= 11 is 5.84. The van der Waals surface area contributed by atoms with Crippen LogP contribution >= 0.6 is 11.6 Å². The maximum Gasteiger partial charge on any atom is 0.262 e. The molecule has 0 bridgehead atoms. The van der Waals surface area contributed by atoms with Crippen molar-refractivity contribution in [2.75, 3.05) is 31.9 Å². The third-order valence-corrected chi connectivity index (χ3v) is 4.38. The summed E-state index contributed by atoms with van der Waals surface area (Å²) in [6, 6.07) is 1.31. The zero-order valence-electron chi connectivity index (χ0n) is 12.8. The molecule has 1 fully saturated rings. The Hall–Kier alpha value is -1.53. The van der Waals surface area contributed by atoms with Gasteiger partial charge in [-0.05, 0) is 50.9 Å². The average Bonchev–Trinajstić information content (AvgIpc) is 2.50. The van der Waals surface area contributed by atoms with Crippen molar-refractivity contribution in [1.29, 1.82) is 0 Å². The number of anilines is 1. The SMILES string of the molecule is CCCN1CCC(CNC(=O)c2cc(Cl)c(N)[nH]c2=O)CC1. The molecule has 2 rings (SSSR count). The molecule has 0 aromatic carbocycles. The number of carbonyl (C=O) groups excluding carboxylic acids is 1. The molecule has 1 aliphatic rings. The predicted molar refractivity (Wildman–Crippen MR) is 88.3 cm³/mol. The number of likely N-dealkylation sites (tertiary alicyclic amines) is 1. The van der Waals surface area contributed by atoms with E-state index >= 15 is 0 Å². The van der Waals surface area contributed by atoms with Gasteiger partial charge in [0.2, 0.25) is 0 Å². The first kappa shape index (κ1) is 16.8. The summed E-state index contributed by atoms with van der Waals surface area (Å²) in [4.78, 5) is 28.7. The largest absolute Gasteiger partial charge is 0.384 e. The summed E-state index contributed by atoms with van der Waals surface area (Å²) in [5, 5.41) is 3.00. The second-order valence-corrected chi connectivity index (χ2v) is 6.18. The van der Waals surface area contributed by atoms with Crippen LogP contribution in [0.15, 0.2) is 10.9 Å². The van der Waals surface area contributed by atoms with Crippen LogP contribution in [0.4, 0.5) is 5.82 Å². The molecule has 2 heterocycles. The van der Waals surface area contributed by atoms with Gasteiger partial charge in [0, 0.05) is 6.54 Å². The highest BCUT2D eigenvalue weighted by molar-refractivity contribution is 6.33. The molecule has 0 aliphatic carbocycles. The number of carbonyl (C=O) groups is 1. The lowest BCUT2D eigenvalue weighted by Crippen LogP contribution is -2.39. The van der Waals surface area contributed by atoms with Crippen LogP contribution in [0.5, 0.6) is 0 Å². The monoisotopic (exact) mass is 326 g/mol. The Labute approximate surface area is 135 Å². The van der Waals surface area contributed by atoms with Crippen molar-refractivity contribution < 1.29 is 4.79 Å². The Bertz CT molecular complexity index is 579. The fraction of sp³-hybridized carbons (Fsp3) is 0.600. The van der Waals surface area contributed by atoms with Crippen LogP contribution in [0.25, 0.3) is 0 Å². The molecule has 0 unspecified atom stereocenters. The van der Waals surface area contributed by atoms with Crippen molar-refractivity contribution in [3.05, 3.63) is 27.0 Å². The molecule has 0 saturated carbocycles. The second kappa shape index (κ2) is 7.65. The van der Waals surface area contributed by atoms with Gasteiger partial charge in [-0.1, -0.05) is 18.5 Å². The number of piperidine rings is 1. The number of pyridine rings is 1. The molecule has 1 saturated heterocycles. The lowest BCUT2D eigenvalue weighted by atomic mass is 9.96. The molecule has 1 aromatic heterocycles. The number of H-pyrrole nitrogens is 1. The van der Waals surface area contributed by atoms with E-state index in [2.05, 4.69) is 22.1 Å². The third kappa shape index (κ3) is 4.24. The molecule has 22 heavy (non-hydrogen) atoms. The van der Waals surface area contributed by atoms with Gasteiger partial charge >= 0.3 is 0 Å². The maximum absolute atomic E-state index is 12.1. The number of nitrogen functional groups attached to an aromatic ring is 1. The highest BCUT2D eigenvalue weighted by Gasteiger charge is 2.20. The number of halogens is 1. The molecule has 1 aromatic rings. The number of nitrogens with zero attached hydrogens (tertiary/aromatic N) is 1. The molecule has 0 spiro atoms. The van der Waals surface area contributed by atoms with E-state index in [1.807, 2.05) is 0 Å². The Morgan fingerprint density at radius 1 is 1.50 bits per heavy atom. The Kier molecular flexibility index (Phi) is 5.85. The quantitative estimate of drug-likeness (QED) is 0.764. The van der Waals surface area contributed by atoms with Crippen LogP contribution in [-0.2, 0) is 0 Å². The van der Waals surface area contributed by atoms with E-state index in [9.17, 15) is 9.59 Å². The molecule has 7 heteroatoms. The number of amides is 1. The smallest absolute Gasteiger partial charge is 0.262 e. The first-order valence-electron chi connectivity index (χ1n) is 7.70. The van der Waals surface area contributed by atoms with Crippen LogP contribution in [0, 0.1) is 5.92 Å². The van der Waals surface area contributed by atoms with Gasteiger partial charge < -0.3 is 20.9 Å². The number of nitrogens with two attached hydrogens (primary N) is 1. The summed E-state index contributed by atoms with van der Waals surface area (Å²) in [5.41, 5.74) is 4.98. The first-order valence-corrected chi connectivity index (χ1v) is 8.08. The molecule has 4 N–H and O–H groups in total. The highest BCUT2D eigenvalue weighted by atomic mass is 35.5. The average molecular weight is 327 g/mol. The third-order valence-electron chi connectivity index (χ3n) is 4.06. The van der Waals surface area contributed by atoms with Gasteiger partial charge in [0.25, 0.3) is 11.5 Å². The van der Waals surface area contributed by atoms with Crippen molar-refractivity contribution in [3.8, 4) is 0 Å². The number of hydrogen-bond donors (Lipinski definition) is 3. The van der Waals surface area contributed by atoms with Crippen molar-refractivity contribution >= 4 is 23.3 Å². The second-order valence-electron chi connectivity index (χ2n) is 5.77. The van der Waals surface area contributed by atoms with Crippen molar-refractivity contribution in [2.45, 2.75) is 26.2 Å². The first-order chi connectivity index (χ1) is 10.5. The minimum atomic E-state index is -0.517. The van der Waals surface area contributed by atoms with E-state index in [0.29, 0.717) is 12.5 Å². The number of aromatic nitrogens is 1. The van der Waals surface area contributed by atoms with E-state index in [4.69, 9.17) is 17.3 Å². The van der Waals surface area contributed by atoms with Gasteiger partial charge in [-0.25, -0.2) is 0 Å². The van der Waals surface area contributed by atoms with Crippen LogP contribution in [-0.4, -0.2) is 42.0 Å². The Balaban J connectivity index is 1.86. The molecule has 122 valence electrons. The summed E-state index contributed by atoms with van der Waals surface area (Å²) < 4.78 is 0. The van der Waals surface area contributed by atoms with Gasteiger partial charge in [0.1, 0.15) is 11.4 Å². The van der Waals surface area contributed by atoms with E-state index in [1.54, 1.807) is 0 Å². The van der Waals surface area contributed by atoms with Crippen LogP contribution in [0.2, 0.25) is 5.02 Å². The molecule has 0 radical (unpaired) electrons. The number of nitrogens with one attached hydrogen (secondary N) is 2. The van der Waals surface area contributed by atoms with E-state index in [-0.39, 0.29) is 16.4 Å². The zero-order valence-corrected chi connectivity index (χ0v) is 13.6. The van der Waals surface area contributed by atoms with E-state index < -0.39 is 11.5 Å². The lowest BCUT2D eigenvalue weighted by molar-refractivity contribution is 0.0934. The van der Waals surface area contributed by atoms with Crippen molar-refractivity contribution in [2.24, 2.45) is 5.92 Å². The predicted octanol–water partition coefficient (Wildman–Crippen LogP) is 1.46. The fourth-order valence-corrected chi connectivity index (χ4v) is 2.91. The van der Waals surface area contributed by atoms with Gasteiger partial charge in [-0.2, -0.15) is 0 Å². The van der Waals surface area contributed by atoms with E-state index in [0.717, 1.165) is 32.5 Å². The fourth-order valence-electron chi connectivity index (χ4n) is 2.75. The summed E-state index contributed by atoms with van der Waals surface area (Å²) in [7, 11) is 0. The molecular formula is C15H23ClN4O2.